The molecule has 1 N–H and O–H groups in total. The Morgan fingerprint density at radius 3 is 2.29 bits per heavy atom. The van der Waals surface area contributed by atoms with Crippen LogP contribution in [-0.2, 0) is 26.0 Å². The molecule has 0 saturated carbocycles. The molecule has 0 heterocycles. The van der Waals surface area contributed by atoms with E-state index >= 15 is 0 Å². The van der Waals surface area contributed by atoms with E-state index in [4.69, 9.17) is 4.74 Å². The maximum absolute atomic E-state index is 12.2. The summed E-state index contributed by atoms with van der Waals surface area (Å²) in [5.41, 5.74) is -0.473. The number of benzene rings is 1. The predicted molar refractivity (Wildman–Crippen MR) is 77.4 cm³/mol. The van der Waals surface area contributed by atoms with E-state index in [0.29, 0.717) is 5.56 Å². The lowest BCUT2D eigenvalue weighted by Gasteiger charge is -2.20. The zero-order valence-electron chi connectivity index (χ0n) is 12.5. The van der Waals surface area contributed by atoms with Crippen LogP contribution >= 0.6 is 0 Å². The molecule has 0 atom stereocenters. The van der Waals surface area contributed by atoms with Gasteiger partial charge in [0.05, 0.1) is 4.90 Å². The van der Waals surface area contributed by atoms with Crippen molar-refractivity contribution < 1.29 is 22.7 Å². The van der Waals surface area contributed by atoms with Crippen LogP contribution in [-0.4, -0.2) is 25.9 Å². The number of ether oxygens (including phenoxy) is 1. The molecule has 0 bridgehead atoms. The molecule has 0 aliphatic heterocycles. The van der Waals surface area contributed by atoms with Gasteiger partial charge in [-0.2, -0.15) is 0 Å². The lowest BCUT2D eigenvalue weighted by molar-refractivity contribution is -0.116. The Morgan fingerprint density at radius 1 is 1.19 bits per heavy atom. The number of amides is 1. The van der Waals surface area contributed by atoms with Crippen LogP contribution in [0.3, 0.4) is 0 Å². The van der Waals surface area contributed by atoms with Crippen molar-refractivity contribution in [2.24, 2.45) is 0 Å². The second-order valence-corrected chi connectivity index (χ2v) is 7.24. The van der Waals surface area contributed by atoms with Gasteiger partial charge in [0.1, 0.15) is 11.4 Å². The van der Waals surface area contributed by atoms with E-state index in [1.807, 2.05) is 4.72 Å². The van der Waals surface area contributed by atoms with Gasteiger partial charge in [0.15, 0.2) is 0 Å². The van der Waals surface area contributed by atoms with Gasteiger partial charge in [0.25, 0.3) is 10.0 Å². The third-order valence-corrected chi connectivity index (χ3v) is 3.73. The van der Waals surface area contributed by atoms with Crippen LogP contribution in [0.4, 0.5) is 4.79 Å². The Morgan fingerprint density at radius 2 is 1.76 bits per heavy atom. The fourth-order valence-electron chi connectivity index (χ4n) is 1.64. The second-order valence-electron chi connectivity index (χ2n) is 5.59. The molecular weight excluding hydrogens is 294 g/mol. The zero-order valence-corrected chi connectivity index (χ0v) is 13.3. The molecule has 21 heavy (non-hydrogen) atoms. The zero-order chi connectivity index (χ0) is 16.3. The Hall–Kier alpha value is -1.89. The van der Waals surface area contributed by atoms with Crippen molar-refractivity contribution >= 4 is 21.9 Å². The van der Waals surface area contributed by atoms with E-state index in [2.05, 4.69) is 0 Å². The minimum atomic E-state index is -4.08. The van der Waals surface area contributed by atoms with Crippen LogP contribution in [0.5, 0.6) is 0 Å². The quantitative estimate of drug-likeness (QED) is 0.918. The molecule has 1 amide bonds. The molecule has 0 fully saturated rings. The Bertz CT molecular complexity index is 644. The van der Waals surface area contributed by atoms with Crippen molar-refractivity contribution in [2.45, 2.75) is 44.6 Å². The summed E-state index contributed by atoms with van der Waals surface area (Å²) in [5.74, 6) is -0.171. The van der Waals surface area contributed by atoms with Crippen molar-refractivity contribution in [1.29, 1.82) is 0 Å². The third kappa shape index (κ3) is 5.55. The number of sulfonamides is 1. The van der Waals surface area contributed by atoms with E-state index in [0.717, 1.165) is 0 Å². The molecular formula is C14H19NO5S. The van der Waals surface area contributed by atoms with Crippen LogP contribution in [0.1, 0.15) is 33.3 Å². The SMILES string of the molecule is CC(=O)Cc1ccccc1S(=O)(=O)NC(=O)OC(C)(C)C. The molecule has 1 aromatic rings. The van der Waals surface area contributed by atoms with Crippen LogP contribution in [0.25, 0.3) is 0 Å². The average Bonchev–Trinajstić information content (AvgIpc) is 2.24. The molecule has 6 nitrogen and oxygen atoms in total. The topological polar surface area (TPSA) is 89.5 Å². The highest BCUT2D eigenvalue weighted by Crippen LogP contribution is 2.17. The molecule has 7 heteroatoms. The highest BCUT2D eigenvalue weighted by molar-refractivity contribution is 7.90. The number of hydrogen-bond donors (Lipinski definition) is 1. The molecule has 0 aliphatic rings. The van der Waals surface area contributed by atoms with Gasteiger partial charge in [-0.25, -0.2) is 17.9 Å². The fourth-order valence-corrected chi connectivity index (χ4v) is 2.76. The lowest BCUT2D eigenvalue weighted by Crippen LogP contribution is -2.36. The summed E-state index contributed by atoms with van der Waals surface area (Å²) in [4.78, 5) is 22.7. The van der Waals surface area contributed by atoms with Crippen molar-refractivity contribution in [3.8, 4) is 0 Å². The number of nitrogens with one attached hydrogen (secondary N) is 1. The highest BCUT2D eigenvalue weighted by Gasteiger charge is 2.24. The first-order valence-corrected chi connectivity index (χ1v) is 7.83. The molecule has 0 radical (unpaired) electrons. The molecule has 116 valence electrons. The monoisotopic (exact) mass is 313 g/mol. The van der Waals surface area contributed by atoms with Crippen LogP contribution in [0.15, 0.2) is 29.2 Å². The first kappa shape index (κ1) is 17.2. The normalized spacial score (nSPS) is 11.8. The van der Waals surface area contributed by atoms with E-state index in [9.17, 15) is 18.0 Å². The first-order chi connectivity index (χ1) is 9.51. The minimum Gasteiger partial charge on any atom is -0.443 e. The van der Waals surface area contributed by atoms with Crippen molar-refractivity contribution in [2.75, 3.05) is 0 Å². The van der Waals surface area contributed by atoms with Gasteiger partial charge in [-0.3, -0.25) is 4.79 Å². The van der Waals surface area contributed by atoms with Gasteiger partial charge < -0.3 is 4.74 Å². The number of Topliss-reactive ketones (excluding diaryl/α,β-unsaturated/α-hetero) is 1. The summed E-state index contributed by atoms with van der Waals surface area (Å²) in [6.45, 7) is 6.25. The van der Waals surface area contributed by atoms with Crippen LogP contribution in [0.2, 0.25) is 0 Å². The average molecular weight is 313 g/mol. The Kier molecular flexibility index (Phi) is 5.11. The van der Waals surface area contributed by atoms with Gasteiger partial charge >= 0.3 is 6.09 Å². The van der Waals surface area contributed by atoms with Gasteiger partial charge in [0, 0.05) is 6.42 Å². The van der Waals surface area contributed by atoms with Gasteiger partial charge in [-0.15, -0.1) is 0 Å². The summed E-state index contributed by atoms with van der Waals surface area (Å²) in [7, 11) is -4.08. The Balaban J connectivity index is 3.03. The van der Waals surface area contributed by atoms with Crippen LogP contribution in [0, 0.1) is 0 Å². The minimum absolute atomic E-state index is 0.0224. The van der Waals surface area contributed by atoms with E-state index in [1.54, 1.807) is 26.8 Å². The molecule has 1 rings (SSSR count). The third-order valence-electron chi connectivity index (χ3n) is 2.32. The van der Waals surface area contributed by atoms with Crippen molar-refractivity contribution in [3.63, 3.8) is 0 Å². The molecule has 0 aliphatic carbocycles. The summed E-state index contributed by atoms with van der Waals surface area (Å²) in [6.07, 6.45) is -1.08. The second kappa shape index (κ2) is 6.26. The molecule has 0 spiro atoms. The molecule has 0 saturated heterocycles. The number of carbonyl (C=O) groups excluding carboxylic acids is 2. The molecule has 1 aromatic carbocycles. The summed E-state index contributed by atoms with van der Waals surface area (Å²) in [5, 5.41) is 0. The van der Waals surface area contributed by atoms with E-state index < -0.39 is 21.7 Å². The number of rotatable bonds is 4. The predicted octanol–water partition coefficient (Wildman–Crippen LogP) is 2.03. The van der Waals surface area contributed by atoms with E-state index in [1.165, 1.54) is 25.1 Å². The number of ketones is 1. The van der Waals surface area contributed by atoms with Gasteiger partial charge in [0.2, 0.25) is 0 Å². The van der Waals surface area contributed by atoms with E-state index in [-0.39, 0.29) is 17.1 Å². The smallest absolute Gasteiger partial charge is 0.421 e. The van der Waals surface area contributed by atoms with Gasteiger partial charge in [-0.1, -0.05) is 18.2 Å². The van der Waals surface area contributed by atoms with Crippen LogP contribution < -0.4 is 4.72 Å². The standard InChI is InChI=1S/C14H19NO5S/c1-10(16)9-11-7-5-6-8-12(11)21(18,19)15-13(17)20-14(2,3)4/h5-8H,9H2,1-4H3,(H,15,17). The maximum atomic E-state index is 12.2. The lowest BCUT2D eigenvalue weighted by atomic mass is 10.1. The highest BCUT2D eigenvalue weighted by atomic mass is 32.2. The first-order valence-electron chi connectivity index (χ1n) is 6.34. The number of carbonyl (C=O) groups is 2. The summed E-state index contributed by atoms with van der Waals surface area (Å²) < 4.78 is 31.2. The van der Waals surface area contributed by atoms with Gasteiger partial charge in [-0.05, 0) is 39.3 Å². The maximum Gasteiger partial charge on any atom is 0.421 e. The van der Waals surface area contributed by atoms with Crippen molar-refractivity contribution in [1.82, 2.24) is 4.72 Å². The number of hydrogen-bond acceptors (Lipinski definition) is 5. The fraction of sp³-hybridized carbons (Fsp3) is 0.429. The van der Waals surface area contributed by atoms with Crippen molar-refractivity contribution in [3.05, 3.63) is 29.8 Å². The summed E-state index contributed by atoms with van der Waals surface area (Å²) in [6, 6.07) is 6.02. The largest absolute Gasteiger partial charge is 0.443 e. The molecule has 0 unspecified atom stereocenters. The Labute approximate surface area is 124 Å². The summed E-state index contributed by atoms with van der Waals surface area (Å²) >= 11 is 0. The molecule has 0 aromatic heterocycles.